The van der Waals surface area contributed by atoms with Crippen molar-refractivity contribution in [2.45, 2.75) is 48.1 Å². The van der Waals surface area contributed by atoms with Gasteiger partial charge in [-0.1, -0.05) is 12.1 Å². The molecule has 0 N–H and O–H groups in total. The van der Waals surface area contributed by atoms with Gasteiger partial charge in [0.25, 0.3) is 0 Å². The smallest absolute Gasteiger partial charge is 0.471 e. The molecule has 1 rings (SSSR count). The second kappa shape index (κ2) is 9.81. The minimum absolute atomic E-state index is 0.0497. The lowest BCUT2D eigenvalue weighted by atomic mass is 9.93. The van der Waals surface area contributed by atoms with Crippen LogP contribution >= 0.6 is 7.94 Å². The third kappa shape index (κ3) is 5.89. The third-order valence-corrected chi connectivity index (χ3v) is 4.96. The first kappa shape index (κ1) is 33.9. The Morgan fingerprint density at radius 1 is 0.605 bits per heavy atom. The Morgan fingerprint density at radius 2 is 1.00 bits per heavy atom. The summed E-state index contributed by atoms with van der Waals surface area (Å²) in [5, 5.41) is 0. The Balaban J connectivity index is 3.50. The summed E-state index contributed by atoms with van der Waals surface area (Å²) < 4.78 is 228. The molecule has 0 aliphatic rings. The monoisotopic (exact) mass is 616 g/mol. The van der Waals surface area contributed by atoms with Gasteiger partial charge in [-0.25, -0.2) is 4.39 Å². The summed E-state index contributed by atoms with van der Waals surface area (Å²) >= 11 is 0. The van der Waals surface area contributed by atoms with E-state index in [1.165, 1.54) is 0 Å². The first-order chi connectivity index (χ1) is 16.5. The molecule has 0 bridgehead atoms. The molecule has 0 saturated carbocycles. The number of ether oxygens (including phenoxy) is 1. The molecule has 0 radical (unpaired) electrons. The maximum absolute atomic E-state index is 13.8. The summed E-state index contributed by atoms with van der Waals surface area (Å²) in [6.07, 6.45) is -15.3. The highest BCUT2D eigenvalue weighted by molar-refractivity contribution is 7.53. The van der Waals surface area contributed by atoms with Gasteiger partial charge in [-0.3, -0.25) is 0 Å². The standard InChI is InChI=1S/C16H8F17O4P/c17-8(9(18)11(21,22)23)10(19,20)12(24,25)13(26,27)14(28,29)15(30,31)16(32,33)37-7-3-1-6(2-4-7)5-38(34,35)36/h1-4H,5H2,(H2,34,35,36)/p-2/b9-8+. The maximum Gasteiger partial charge on any atom is 0.471 e. The fourth-order valence-electron chi connectivity index (χ4n) is 2.27. The van der Waals surface area contributed by atoms with Gasteiger partial charge >= 0.3 is 41.9 Å². The summed E-state index contributed by atoms with van der Waals surface area (Å²) in [4.78, 5) is 31.7. The molecule has 0 amide bonds. The van der Waals surface area contributed by atoms with Crippen molar-refractivity contribution in [2.24, 2.45) is 0 Å². The molecule has 220 valence electrons. The first-order valence-electron chi connectivity index (χ1n) is 8.66. The summed E-state index contributed by atoms with van der Waals surface area (Å²) in [5.41, 5.74) is -0.555. The molecule has 0 aliphatic heterocycles. The summed E-state index contributed by atoms with van der Waals surface area (Å²) in [5.74, 6) is -53.1. The topological polar surface area (TPSA) is 78.4 Å². The molecule has 0 saturated heterocycles. The molecule has 0 spiro atoms. The maximum atomic E-state index is 13.8. The Labute approximate surface area is 198 Å². The molecule has 22 heteroatoms. The Kier molecular flexibility index (Phi) is 8.75. The average molecular weight is 616 g/mol. The zero-order valence-electron chi connectivity index (χ0n) is 17.0. The van der Waals surface area contributed by atoms with Gasteiger partial charge in [0.05, 0.1) is 6.16 Å². The van der Waals surface area contributed by atoms with Crippen molar-refractivity contribution in [1.82, 2.24) is 0 Å². The molecule has 0 unspecified atom stereocenters. The minimum atomic E-state index is -8.55. The summed E-state index contributed by atoms with van der Waals surface area (Å²) in [6.45, 7) is 0. The van der Waals surface area contributed by atoms with Crippen LogP contribution in [0.4, 0.5) is 74.6 Å². The van der Waals surface area contributed by atoms with Crippen LogP contribution in [-0.2, 0) is 6.16 Å². The van der Waals surface area contributed by atoms with Crippen LogP contribution in [-0.4, -0.2) is 41.9 Å². The van der Waals surface area contributed by atoms with E-state index in [-0.39, 0.29) is 12.1 Å². The van der Waals surface area contributed by atoms with Crippen LogP contribution in [0.25, 0.3) is 0 Å². The van der Waals surface area contributed by atoms with E-state index in [1.807, 2.05) is 0 Å². The van der Waals surface area contributed by atoms with E-state index in [2.05, 4.69) is 4.74 Å². The van der Waals surface area contributed by atoms with Gasteiger partial charge < -0.3 is 19.4 Å². The van der Waals surface area contributed by atoms with Gasteiger partial charge in [-0.2, -0.15) is 78.2 Å². The predicted octanol–water partition coefficient (Wildman–Crippen LogP) is 4.89. The van der Waals surface area contributed by atoms with E-state index < -0.39 is 79.0 Å². The Hall–Kier alpha value is -2.12. The number of halogens is 17. The number of allylic oxidation sites excluding steroid dienone is 2. The van der Waals surface area contributed by atoms with Crippen molar-refractivity contribution in [1.29, 1.82) is 0 Å². The van der Waals surface area contributed by atoms with Gasteiger partial charge in [0.1, 0.15) is 5.75 Å². The number of rotatable bonds is 10. The molecular weight excluding hydrogens is 610 g/mol. The van der Waals surface area contributed by atoms with Crippen LogP contribution in [0.15, 0.2) is 35.9 Å². The van der Waals surface area contributed by atoms with Crippen molar-refractivity contribution in [2.75, 3.05) is 0 Å². The van der Waals surface area contributed by atoms with E-state index in [9.17, 15) is 89.3 Å². The van der Waals surface area contributed by atoms with Crippen molar-refractivity contribution in [3.63, 3.8) is 0 Å². The number of hydrogen-bond acceptors (Lipinski definition) is 4. The average Bonchev–Trinajstić information content (AvgIpc) is 2.71. The van der Waals surface area contributed by atoms with Crippen LogP contribution in [0.2, 0.25) is 0 Å². The predicted molar refractivity (Wildman–Crippen MR) is 82.7 cm³/mol. The van der Waals surface area contributed by atoms with E-state index >= 15 is 0 Å². The Bertz CT molecular complexity index is 1030. The lowest BCUT2D eigenvalue weighted by Crippen LogP contribution is -2.71. The largest absolute Gasteiger partial charge is 0.687 e. The van der Waals surface area contributed by atoms with Crippen molar-refractivity contribution >= 4 is 7.94 Å². The van der Waals surface area contributed by atoms with E-state index in [4.69, 9.17) is 0 Å². The highest BCUT2D eigenvalue weighted by Crippen LogP contribution is 2.61. The molecule has 0 fully saturated rings. The summed E-state index contributed by atoms with van der Waals surface area (Å²) in [6, 6.07) is 0.817. The minimum Gasteiger partial charge on any atom is -0.687 e. The number of benzene rings is 1. The lowest BCUT2D eigenvalue weighted by Gasteiger charge is -2.42. The zero-order valence-corrected chi connectivity index (χ0v) is 17.9. The molecule has 1 aromatic carbocycles. The third-order valence-electron chi connectivity index (χ3n) is 4.21. The van der Waals surface area contributed by atoms with Crippen LogP contribution in [0.1, 0.15) is 5.56 Å². The van der Waals surface area contributed by atoms with Crippen molar-refractivity contribution in [3.8, 4) is 5.75 Å². The molecule has 4 nitrogen and oxygen atoms in total. The molecule has 0 aliphatic carbocycles. The molecular formula is C16H6F17O4P-2. The van der Waals surface area contributed by atoms with Crippen LogP contribution in [0, 0.1) is 0 Å². The highest BCUT2D eigenvalue weighted by Gasteiger charge is 2.92. The van der Waals surface area contributed by atoms with Gasteiger partial charge in [0.2, 0.25) is 11.7 Å². The molecule has 0 aromatic heterocycles. The molecule has 0 atom stereocenters. The first-order valence-corrected chi connectivity index (χ1v) is 10.4. The van der Waals surface area contributed by atoms with Crippen LogP contribution in [0.5, 0.6) is 5.75 Å². The quantitative estimate of drug-likeness (QED) is 0.277. The molecule has 38 heavy (non-hydrogen) atoms. The summed E-state index contributed by atoms with van der Waals surface area (Å²) in [7, 11) is -5.30. The van der Waals surface area contributed by atoms with Gasteiger partial charge in [0.15, 0.2) is 0 Å². The fraction of sp³-hybridized carbons (Fsp3) is 0.500. The molecule has 0 heterocycles. The fourth-order valence-corrected chi connectivity index (χ4v) is 2.93. The van der Waals surface area contributed by atoms with E-state index in [0.29, 0.717) is 12.1 Å². The SMILES string of the molecule is [O-][P+]([O-])([O-])Cc1ccc(OC(F)(F)C(F)(F)C(F)(F)C(F)(F)C(F)(F)C(F)(F)/C(F)=C(\F)C(F)(F)F)cc1. The van der Waals surface area contributed by atoms with Crippen LogP contribution in [0.3, 0.4) is 0 Å². The van der Waals surface area contributed by atoms with E-state index in [1.54, 1.807) is 0 Å². The van der Waals surface area contributed by atoms with Crippen molar-refractivity contribution in [3.05, 3.63) is 41.5 Å². The van der Waals surface area contributed by atoms with Crippen LogP contribution < -0.4 is 19.4 Å². The zero-order chi connectivity index (χ0) is 30.6. The normalized spacial score (nSPS) is 15.9. The Morgan fingerprint density at radius 3 is 1.37 bits per heavy atom. The second-order valence-corrected chi connectivity index (χ2v) is 8.57. The number of alkyl halides is 15. The lowest BCUT2D eigenvalue weighted by molar-refractivity contribution is -0.444. The molecule has 1 aromatic rings. The van der Waals surface area contributed by atoms with Gasteiger partial charge in [0, 0.05) is 0 Å². The second-order valence-electron chi connectivity index (χ2n) is 7.03. The van der Waals surface area contributed by atoms with Gasteiger partial charge in [-0.05, 0) is 17.7 Å². The van der Waals surface area contributed by atoms with E-state index in [0.717, 1.165) is 0 Å². The number of hydrogen-bond donors (Lipinski definition) is 0. The van der Waals surface area contributed by atoms with Crippen molar-refractivity contribution < 1.29 is 94.1 Å². The van der Waals surface area contributed by atoms with Gasteiger partial charge in [-0.15, -0.1) is 0 Å². The highest BCUT2D eigenvalue weighted by atomic mass is 31.2.